The zero-order chi connectivity index (χ0) is 21.0. The monoisotopic (exact) mass is 397 g/mol. The van der Waals surface area contributed by atoms with Gasteiger partial charge in [0, 0.05) is 18.7 Å². The van der Waals surface area contributed by atoms with E-state index in [-0.39, 0.29) is 24.5 Å². The zero-order valence-electron chi connectivity index (χ0n) is 16.3. The first-order valence-corrected chi connectivity index (χ1v) is 9.19. The van der Waals surface area contributed by atoms with E-state index in [2.05, 4.69) is 0 Å². The smallest absolute Gasteiger partial charge is 0.295 e. The molecule has 1 saturated heterocycles. The van der Waals surface area contributed by atoms with Crippen molar-refractivity contribution in [1.29, 1.82) is 0 Å². The molecule has 1 heterocycles. The van der Waals surface area contributed by atoms with E-state index >= 15 is 0 Å². The molecule has 3 rings (SSSR count). The molecule has 29 heavy (non-hydrogen) atoms. The molecular formula is C22H23NO6. The number of carbonyl (C=O) groups is 2. The van der Waals surface area contributed by atoms with Gasteiger partial charge in [-0.25, -0.2) is 0 Å². The number of likely N-dealkylation sites (tertiary alicyclic amines) is 1. The standard InChI is InChI=1S/C22H23NO6/c1-28-16-8-4-14(5-9-16)19-18(21(26)22(27)23(19)12-3-13-24)20(25)15-6-10-17(29-2)11-7-15/h4-11,19,24-25H,3,12-13H2,1-2H3/b20-18+/t19-/m0/s1. The van der Waals surface area contributed by atoms with Crippen LogP contribution in [0.15, 0.2) is 54.1 Å². The molecule has 152 valence electrons. The van der Waals surface area contributed by atoms with Crippen molar-refractivity contribution in [3.8, 4) is 11.5 Å². The summed E-state index contributed by atoms with van der Waals surface area (Å²) in [5.41, 5.74) is 1.09. The van der Waals surface area contributed by atoms with Gasteiger partial charge in [0.25, 0.3) is 11.7 Å². The first-order chi connectivity index (χ1) is 14.0. The molecule has 1 aliphatic heterocycles. The van der Waals surface area contributed by atoms with Gasteiger partial charge in [0.2, 0.25) is 0 Å². The van der Waals surface area contributed by atoms with Crippen LogP contribution in [0.5, 0.6) is 11.5 Å². The average Bonchev–Trinajstić information content (AvgIpc) is 3.02. The fourth-order valence-corrected chi connectivity index (χ4v) is 3.39. The summed E-state index contributed by atoms with van der Waals surface area (Å²) in [7, 11) is 3.08. The summed E-state index contributed by atoms with van der Waals surface area (Å²) in [6, 6.07) is 12.8. The van der Waals surface area contributed by atoms with Crippen molar-refractivity contribution < 1.29 is 29.3 Å². The van der Waals surface area contributed by atoms with Crippen LogP contribution in [0, 0.1) is 0 Å². The quantitative estimate of drug-likeness (QED) is 0.423. The second-order valence-corrected chi connectivity index (χ2v) is 6.57. The predicted molar refractivity (Wildman–Crippen MR) is 107 cm³/mol. The van der Waals surface area contributed by atoms with Crippen LogP contribution in [-0.2, 0) is 9.59 Å². The van der Waals surface area contributed by atoms with Crippen molar-refractivity contribution in [3.63, 3.8) is 0 Å². The Morgan fingerprint density at radius 3 is 2.03 bits per heavy atom. The van der Waals surface area contributed by atoms with Crippen LogP contribution in [0.1, 0.15) is 23.6 Å². The Hall–Kier alpha value is -3.32. The number of ketones is 1. The lowest BCUT2D eigenvalue weighted by molar-refractivity contribution is -0.140. The van der Waals surface area contributed by atoms with Gasteiger partial charge >= 0.3 is 0 Å². The molecule has 1 aliphatic rings. The molecule has 2 aromatic rings. The Morgan fingerprint density at radius 2 is 1.52 bits per heavy atom. The van der Waals surface area contributed by atoms with Crippen molar-refractivity contribution in [2.45, 2.75) is 12.5 Å². The lowest BCUT2D eigenvalue weighted by atomic mass is 9.95. The lowest BCUT2D eigenvalue weighted by Gasteiger charge is -2.25. The van der Waals surface area contributed by atoms with E-state index < -0.39 is 17.7 Å². The minimum atomic E-state index is -0.755. The van der Waals surface area contributed by atoms with Gasteiger partial charge in [-0.3, -0.25) is 9.59 Å². The number of Topliss-reactive ketones (excluding diaryl/α,β-unsaturated/α-hetero) is 1. The van der Waals surface area contributed by atoms with Crippen LogP contribution in [-0.4, -0.2) is 54.2 Å². The SMILES string of the molecule is COc1ccc(/C(O)=C2\C(=O)C(=O)N(CCCO)[C@H]2c2ccc(OC)cc2)cc1. The van der Waals surface area contributed by atoms with Crippen molar-refractivity contribution in [2.24, 2.45) is 0 Å². The highest BCUT2D eigenvalue weighted by Crippen LogP contribution is 2.40. The number of aliphatic hydroxyl groups is 2. The lowest BCUT2D eigenvalue weighted by Crippen LogP contribution is -2.31. The number of amides is 1. The Kier molecular flexibility index (Phi) is 6.19. The topological polar surface area (TPSA) is 96.3 Å². The van der Waals surface area contributed by atoms with E-state index in [0.29, 0.717) is 29.0 Å². The molecule has 0 radical (unpaired) electrons. The van der Waals surface area contributed by atoms with Gasteiger partial charge in [0.1, 0.15) is 17.3 Å². The first-order valence-electron chi connectivity index (χ1n) is 9.19. The van der Waals surface area contributed by atoms with Crippen LogP contribution in [0.25, 0.3) is 5.76 Å². The van der Waals surface area contributed by atoms with Gasteiger partial charge in [-0.1, -0.05) is 12.1 Å². The molecule has 1 fully saturated rings. The fraction of sp³-hybridized carbons (Fsp3) is 0.273. The van der Waals surface area contributed by atoms with Gasteiger partial charge in [-0.2, -0.15) is 0 Å². The summed E-state index contributed by atoms with van der Waals surface area (Å²) >= 11 is 0. The van der Waals surface area contributed by atoms with Crippen molar-refractivity contribution in [2.75, 3.05) is 27.4 Å². The molecule has 1 amide bonds. The number of carbonyl (C=O) groups excluding carboxylic acids is 2. The highest BCUT2D eigenvalue weighted by molar-refractivity contribution is 6.46. The van der Waals surface area contributed by atoms with Gasteiger partial charge in [0.05, 0.1) is 25.8 Å². The Labute approximate surface area is 168 Å². The van der Waals surface area contributed by atoms with Crippen LogP contribution in [0.3, 0.4) is 0 Å². The van der Waals surface area contributed by atoms with Crippen LogP contribution < -0.4 is 9.47 Å². The minimum Gasteiger partial charge on any atom is -0.507 e. The fourth-order valence-electron chi connectivity index (χ4n) is 3.39. The predicted octanol–water partition coefficient (Wildman–Crippen LogP) is 2.51. The Morgan fingerprint density at radius 1 is 0.966 bits per heavy atom. The third-order valence-corrected chi connectivity index (χ3v) is 4.89. The maximum Gasteiger partial charge on any atom is 0.295 e. The molecule has 0 bridgehead atoms. The van der Waals surface area contributed by atoms with E-state index in [1.165, 1.54) is 12.0 Å². The van der Waals surface area contributed by atoms with Crippen molar-refractivity contribution >= 4 is 17.4 Å². The molecular weight excluding hydrogens is 374 g/mol. The van der Waals surface area contributed by atoms with Gasteiger partial charge < -0.3 is 24.6 Å². The Bertz CT molecular complexity index is 917. The van der Waals surface area contributed by atoms with E-state index in [1.54, 1.807) is 55.6 Å². The van der Waals surface area contributed by atoms with Crippen molar-refractivity contribution in [3.05, 3.63) is 65.2 Å². The minimum absolute atomic E-state index is 0.0169. The third kappa shape index (κ3) is 3.95. The van der Waals surface area contributed by atoms with Crippen LogP contribution in [0.4, 0.5) is 0 Å². The summed E-state index contributed by atoms with van der Waals surface area (Å²) in [5.74, 6) is -0.461. The number of hydrogen-bond acceptors (Lipinski definition) is 6. The van der Waals surface area contributed by atoms with Crippen LogP contribution in [0.2, 0.25) is 0 Å². The van der Waals surface area contributed by atoms with Gasteiger partial charge in [0.15, 0.2) is 0 Å². The summed E-state index contributed by atoms with van der Waals surface area (Å²) in [6.07, 6.45) is 0.322. The number of rotatable bonds is 7. The summed E-state index contributed by atoms with van der Waals surface area (Å²) in [5, 5.41) is 20.1. The maximum atomic E-state index is 12.8. The number of benzene rings is 2. The van der Waals surface area contributed by atoms with E-state index in [9.17, 15) is 19.8 Å². The maximum absolute atomic E-state index is 12.8. The number of methoxy groups -OCH3 is 2. The number of aliphatic hydroxyl groups excluding tert-OH is 2. The van der Waals surface area contributed by atoms with Crippen LogP contribution >= 0.6 is 0 Å². The molecule has 7 heteroatoms. The molecule has 2 aromatic carbocycles. The van der Waals surface area contributed by atoms with E-state index in [4.69, 9.17) is 9.47 Å². The molecule has 1 atom stereocenters. The van der Waals surface area contributed by atoms with E-state index in [1.807, 2.05) is 0 Å². The molecule has 0 unspecified atom stereocenters. The molecule has 0 aromatic heterocycles. The normalized spacial score (nSPS) is 18.2. The first kappa shape index (κ1) is 20.4. The van der Waals surface area contributed by atoms with Gasteiger partial charge in [-0.15, -0.1) is 0 Å². The molecule has 0 spiro atoms. The molecule has 0 saturated carbocycles. The number of hydrogen-bond donors (Lipinski definition) is 2. The summed E-state index contributed by atoms with van der Waals surface area (Å²) in [6.45, 7) is 0.0774. The summed E-state index contributed by atoms with van der Waals surface area (Å²) in [4.78, 5) is 26.9. The van der Waals surface area contributed by atoms with Gasteiger partial charge in [-0.05, 0) is 48.4 Å². The third-order valence-electron chi connectivity index (χ3n) is 4.89. The zero-order valence-corrected chi connectivity index (χ0v) is 16.3. The van der Waals surface area contributed by atoms with E-state index in [0.717, 1.165) is 0 Å². The molecule has 7 nitrogen and oxygen atoms in total. The highest BCUT2D eigenvalue weighted by atomic mass is 16.5. The Balaban J connectivity index is 2.11. The molecule has 0 aliphatic carbocycles. The number of nitrogens with zero attached hydrogens (tertiary/aromatic N) is 1. The van der Waals surface area contributed by atoms with Crippen molar-refractivity contribution in [1.82, 2.24) is 4.90 Å². The summed E-state index contributed by atoms with van der Waals surface area (Å²) < 4.78 is 10.3. The molecule has 2 N–H and O–H groups in total. The second kappa shape index (κ2) is 8.79. The largest absolute Gasteiger partial charge is 0.507 e. The second-order valence-electron chi connectivity index (χ2n) is 6.57. The average molecular weight is 397 g/mol. The number of ether oxygens (including phenoxy) is 2. The highest BCUT2D eigenvalue weighted by Gasteiger charge is 2.45.